The van der Waals surface area contributed by atoms with Gasteiger partial charge in [0.15, 0.2) is 5.69 Å². The number of H-pyrrole nitrogens is 2. The van der Waals surface area contributed by atoms with E-state index in [4.69, 9.17) is 4.74 Å². The standard InChI is InChI=1S/C18H19F6N9O3/c19-17(20,21)13-12-10(9-25-27-14(12)35)33(30-13)6-8-36-7-1-11(34)31-2-4-32(5-3-31)16-26-15(28-29-16)18(22,23)24/h9H,1-8H2,(H,27,35)(H,26,28,29). The molecule has 0 bridgehead atoms. The molecule has 0 atom stereocenters. The summed E-state index contributed by atoms with van der Waals surface area (Å²) in [4.78, 5) is 30.7. The molecule has 0 radical (unpaired) electrons. The van der Waals surface area contributed by atoms with Crippen molar-refractivity contribution >= 4 is 22.8 Å². The molecule has 1 saturated heterocycles. The number of rotatable bonds is 7. The molecule has 0 unspecified atom stereocenters. The van der Waals surface area contributed by atoms with E-state index in [2.05, 4.69) is 20.3 Å². The molecule has 12 nitrogen and oxygen atoms in total. The highest BCUT2D eigenvalue weighted by Crippen LogP contribution is 2.32. The Morgan fingerprint density at radius 3 is 2.39 bits per heavy atom. The van der Waals surface area contributed by atoms with E-state index in [0.29, 0.717) is 0 Å². The minimum atomic E-state index is -4.83. The van der Waals surface area contributed by atoms with Gasteiger partial charge < -0.3 is 14.5 Å². The molecule has 3 aromatic heterocycles. The van der Waals surface area contributed by atoms with Gasteiger partial charge in [0.2, 0.25) is 17.7 Å². The molecule has 36 heavy (non-hydrogen) atoms. The average molecular weight is 523 g/mol. The lowest BCUT2D eigenvalue weighted by atomic mass is 10.2. The first-order valence-electron chi connectivity index (χ1n) is 10.6. The van der Waals surface area contributed by atoms with Crippen molar-refractivity contribution in [3.05, 3.63) is 28.1 Å². The molecule has 0 aromatic carbocycles. The van der Waals surface area contributed by atoms with Crippen LogP contribution in [-0.4, -0.2) is 85.4 Å². The molecule has 4 rings (SSSR count). The van der Waals surface area contributed by atoms with Crippen LogP contribution < -0.4 is 10.5 Å². The summed E-state index contributed by atoms with van der Waals surface area (Å²) in [6.07, 6.45) is -8.41. The number of hydrogen-bond donors (Lipinski definition) is 2. The summed E-state index contributed by atoms with van der Waals surface area (Å²) >= 11 is 0. The summed E-state index contributed by atoms with van der Waals surface area (Å²) in [5, 5.41) is 13.7. The van der Waals surface area contributed by atoms with E-state index < -0.39 is 34.8 Å². The van der Waals surface area contributed by atoms with E-state index in [1.54, 1.807) is 0 Å². The fourth-order valence-electron chi connectivity index (χ4n) is 3.65. The Balaban J connectivity index is 1.23. The third kappa shape index (κ3) is 5.42. The third-order valence-corrected chi connectivity index (χ3v) is 5.41. The number of halogens is 6. The number of carbonyl (C=O) groups excluding carboxylic acids is 1. The lowest BCUT2D eigenvalue weighted by molar-refractivity contribution is -0.144. The molecule has 0 saturated carbocycles. The van der Waals surface area contributed by atoms with Crippen LogP contribution in [0.3, 0.4) is 0 Å². The van der Waals surface area contributed by atoms with Crippen molar-refractivity contribution in [2.45, 2.75) is 25.3 Å². The zero-order chi connectivity index (χ0) is 26.1. The van der Waals surface area contributed by atoms with E-state index in [1.807, 2.05) is 10.2 Å². The van der Waals surface area contributed by atoms with Gasteiger partial charge in [0.1, 0.15) is 5.39 Å². The highest BCUT2D eigenvalue weighted by atomic mass is 19.4. The molecule has 0 aliphatic carbocycles. The van der Waals surface area contributed by atoms with Gasteiger partial charge in [0, 0.05) is 26.2 Å². The van der Waals surface area contributed by atoms with Gasteiger partial charge in [0.25, 0.3) is 5.56 Å². The predicted octanol–water partition coefficient (Wildman–Crippen LogP) is 1.03. The Morgan fingerprint density at radius 1 is 1.03 bits per heavy atom. The first kappa shape index (κ1) is 25.4. The Bertz CT molecular complexity index is 1270. The summed E-state index contributed by atoms with van der Waals surface area (Å²) in [7, 11) is 0. The zero-order valence-electron chi connectivity index (χ0n) is 18.4. The fourth-order valence-corrected chi connectivity index (χ4v) is 3.65. The van der Waals surface area contributed by atoms with Gasteiger partial charge in [-0.25, -0.2) is 5.10 Å². The number of nitrogens with one attached hydrogen (secondary N) is 2. The van der Waals surface area contributed by atoms with Crippen LogP contribution in [0.4, 0.5) is 32.3 Å². The van der Waals surface area contributed by atoms with Crippen molar-refractivity contribution in [2.24, 2.45) is 0 Å². The normalized spacial score (nSPS) is 15.2. The number of nitrogens with zero attached hydrogens (tertiary/aromatic N) is 7. The van der Waals surface area contributed by atoms with E-state index in [1.165, 1.54) is 9.80 Å². The molecular formula is C18H19F6N9O3. The van der Waals surface area contributed by atoms with E-state index in [-0.39, 0.29) is 69.7 Å². The SMILES string of the molecule is O=C(CCOCCn1nc(C(F)(F)F)c2c(=O)[nH]ncc21)N1CCN(c2n[nH]c(C(F)(F)F)n2)CC1. The number of aromatic amines is 2. The summed E-state index contributed by atoms with van der Waals surface area (Å²) < 4.78 is 83.9. The van der Waals surface area contributed by atoms with Crippen molar-refractivity contribution in [1.29, 1.82) is 0 Å². The average Bonchev–Trinajstić information content (AvgIpc) is 3.45. The predicted molar refractivity (Wildman–Crippen MR) is 109 cm³/mol. The fraction of sp³-hybridized carbons (Fsp3) is 0.556. The molecule has 3 aromatic rings. The first-order chi connectivity index (χ1) is 16.9. The van der Waals surface area contributed by atoms with Gasteiger partial charge >= 0.3 is 12.4 Å². The molecule has 4 heterocycles. The van der Waals surface area contributed by atoms with Gasteiger partial charge in [-0.05, 0) is 0 Å². The van der Waals surface area contributed by atoms with Crippen LogP contribution in [0, 0.1) is 0 Å². The molecular weight excluding hydrogens is 504 g/mol. The number of carbonyl (C=O) groups is 1. The summed E-state index contributed by atoms with van der Waals surface area (Å²) in [5.41, 5.74) is -2.44. The minimum absolute atomic E-state index is 0.00619. The van der Waals surface area contributed by atoms with Crippen LogP contribution in [0.1, 0.15) is 17.9 Å². The van der Waals surface area contributed by atoms with E-state index in [9.17, 15) is 35.9 Å². The number of anilines is 1. The van der Waals surface area contributed by atoms with Crippen LogP contribution in [-0.2, 0) is 28.4 Å². The molecule has 1 amide bonds. The third-order valence-electron chi connectivity index (χ3n) is 5.41. The maximum atomic E-state index is 13.2. The summed E-state index contributed by atoms with van der Waals surface area (Å²) in [6.45, 7) is 0.770. The second-order valence-electron chi connectivity index (χ2n) is 7.74. The molecule has 2 N–H and O–H groups in total. The Labute approximate surface area is 197 Å². The molecule has 196 valence electrons. The Morgan fingerprint density at radius 2 is 1.75 bits per heavy atom. The van der Waals surface area contributed by atoms with E-state index in [0.717, 1.165) is 10.9 Å². The van der Waals surface area contributed by atoms with Crippen LogP contribution in [0.5, 0.6) is 0 Å². The van der Waals surface area contributed by atoms with Crippen molar-refractivity contribution < 1.29 is 35.9 Å². The number of hydrogen-bond acceptors (Lipinski definition) is 8. The molecule has 1 aliphatic heterocycles. The maximum absolute atomic E-state index is 13.2. The number of aromatic nitrogens is 7. The monoisotopic (exact) mass is 523 g/mol. The largest absolute Gasteiger partial charge is 0.451 e. The molecule has 0 spiro atoms. The maximum Gasteiger partial charge on any atom is 0.451 e. The van der Waals surface area contributed by atoms with Crippen LogP contribution in [0.15, 0.2) is 11.0 Å². The first-order valence-corrected chi connectivity index (χ1v) is 10.6. The molecule has 1 aliphatic rings. The van der Waals surface area contributed by atoms with Gasteiger partial charge in [0.05, 0.1) is 37.9 Å². The molecule has 1 fully saturated rings. The van der Waals surface area contributed by atoms with Gasteiger partial charge in [-0.1, -0.05) is 0 Å². The summed E-state index contributed by atoms with van der Waals surface area (Å²) in [6, 6.07) is 0. The highest BCUT2D eigenvalue weighted by molar-refractivity contribution is 5.80. The Kier molecular flexibility index (Phi) is 6.87. The van der Waals surface area contributed by atoms with Gasteiger partial charge in [-0.2, -0.15) is 41.5 Å². The topological polar surface area (TPSA) is 138 Å². The summed E-state index contributed by atoms with van der Waals surface area (Å²) in [5.74, 6) is -1.55. The lowest BCUT2D eigenvalue weighted by Gasteiger charge is -2.34. The zero-order valence-corrected chi connectivity index (χ0v) is 18.4. The van der Waals surface area contributed by atoms with E-state index >= 15 is 0 Å². The van der Waals surface area contributed by atoms with Crippen LogP contribution in [0.25, 0.3) is 10.9 Å². The van der Waals surface area contributed by atoms with Crippen LogP contribution >= 0.6 is 0 Å². The van der Waals surface area contributed by atoms with Crippen molar-refractivity contribution in [3.8, 4) is 0 Å². The van der Waals surface area contributed by atoms with Crippen molar-refractivity contribution in [1.82, 2.24) is 40.1 Å². The quantitative estimate of drug-likeness (QED) is 0.346. The lowest BCUT2D eigenvalue weighted by Crippen LogP contribution is -2.49. The molecule has 18 heteroatoms. The van der Waals surface area contributed by atoms with Crippen molar-refractivity contribution in [3.63, 3.8) is 0 Å². The van der Waals surface area contributed by atoms with Gasteiger partial charge in [-0.15, -0.1) is 5.10 Å². The van der Waals surface area contributed by atoms with Crippen LogP contribution in [0.2, 0.25) is 0 Å². The second-order valence-corrected chi connectivity index (χ2v) is 7.74. The number of amides is 1. The highest BCUT2D eigenvalue weighted by Gasteiger charge is 2.38. The second kappa shape index (κ2) is 9.75. The Hall–Kier alpha value is -3.70. The smallest absolute Gasteiger partial charge is 0.379 e. The van der Waals surface area contributed by atoms with Crippen molar-refractivity contribution in [2.75, 3.05) is 44.3 Å². The number of piperazine rings is 1. The minimum Gasteiger partial charge on any atom is -0.379 e. The number of alkyl halides is 6. The number of ether oxygens (including phenoxy) is 1. The van der Waals surface area contributed by atoms with Gasteiger partial charge in [-0.3, -0.25) is 19.4 Å². The number of fused-ring (bicyclic) bond motifs is 1.